The first kappa shape index (κ1) is 17.1. The molecule has 7 nitrogen and oxygen atoms in total. The van der Waals surface area contributed by atoms with E-state index in [4.69, 9.17) is 4.74 Å². The standard InChI is InChI=1S/C18H20FN3O4/c1-18(25,10-7-20-22(2)8-10)9-3-13-15(14(19)4-9)17(21-16(13)24)26-12-5-11(23)6-12/h3-4,7-8,11-12,17,23,25H,5-6H2,1-2H3,(H,21,24)/t11-,12+,17?,18?. The summed E-state index contributed by atoms with van der Waals surface area (Å²) >= 11 is 0. The molecule has 2 aliphatic rings. The minimum atomic E-state index is -1.50. The Kier molecular flexibility index (Phi) is 3.87. The first-order chi connectivity index (χ1) is 12.3. The third-order valence-corrected chi connectivity index (χ3v) is 5.13. The number of benzene rings is 1. The lowest BCUT2D eigenvalue weighted by Gasteiger charge is -2.33. The summed E-state index contributed by atoms with van der Waals surface area (Å²) in [5.41, 5.74) is -0.455. The number of aromatic nitrogens is 2. The SMILES string of the molecule is Cn1cc(C(C)(O)c2cc(F)c3c(c2)C(=O)NC3O[C@H]2C[C@@H](O)C2)cn1. The van der Waals surface area contributed by atoms with Crippen molar-refractivity contribution in [1.29, 1.82) is 0 Å². The van der Waals surface area contributed by atoms with E-state index in [1.54, 1.807) is 13.2 Å². The van der Waals surface area contributed by atoms with Crippen LogP contribution in [0.25, 0.3) is 0 Å². The zero-order chi connectivity index (χ0) is 18.6. The lowest BCUT2D eigenvalue weighted by molar-refractivity contribution is -0.110. The van der Waals surface area contributed by atoms with Gasteiger partial charge in [-0.3, -0.25) is 9.48 Å². The third kappa shape index (κ3) is 2.70. The topological polar surface area (TPSA) is 96.6 Å². The van der Waals surface area contributed by atoms with Crippen LogP contribution in [0.1, 0.15) is 53.0 Å². The molecular weight excluding hydrogens is 341 g/mol. The highest BCUT2D eigenvalue weighted by Crippen LogP contribution is 2.38. The van der Waals surface area contributed by atoms with Crippen molar-refractivity contribution in [2.75, 3.05) is 0 Å². The van der Waals surface area contributed by atoms with Crippen LogP contribution in [0, 0.1) is 5.82 Å². The average molecular weight is 361 g/mol. The van der Waals surface area contributed by atoms with Crippen molar-refractivity contribution in [1.82, 2.24) is 15.1 Å². The third-order valence-electron chi connectivity index (χ3n) is 5.13. The molecule has 0 radical (unpaired) electrons. The van der Waals surface area contributed by atoms with Crippen LogP contribution in [0.3, 0.4) is 0 Å². The molecule has 8 heteroatoms. The minimum absolute atomic E-state index is 0.141. The molecule has 3 N–H and O–H groups in total. The number of nitrogens with one attached hydrogen (secondary N) is 1. The molecule has 0 bridgehead atoms. The number of aliphatic hydroxyl groups is 2. The molecule has 2 heterocycles. The Hall–Kier alpha value is -2.29. The first-order valence-corrected chi connectivity index (χ1v) is 8.45. The van der Waals surface area contributed by atoms with Crippen LogP contribution >= 0.6 is 0 Å². The normalized spacial score (nSPS) is 26.8. The molecule has 138 valence electrons. The smallest absolute Gasteiger partial charge is 0.254 e. The summed E-state index contributed by atoms with van der Waals surface area (Å²) in [5.74, 6) is -1.07. The summed E-state index contributed by atoms with van der Waals surface area (Å²) in [6.45, 7) is 1.53. The lowest BCUT2D eigenvalue weighted by atomic mass is 9.88. The molecule has 1 aromatic heterocycles. The highest BCUT2D eigenvalue weighted by Gasteiger charge is 2.39. The minimum Gasteiger partial charge on any atom is -0.393 e. The summed E-state index contributed by atoms with van der Waals surface area (Å²) in [6.07, 6.45) is 2.58. The number of nitrogens with zero attached hydrogens (tertiary/aromatic N) is 2. The molecule has 1 saturated carbocycles. The van der Waals surface area contributed by atoms with Gasteiger partial charge in [0.2, 0.25) is 0 Å². The maximum Gasteiger partial charge on any atom is 0.254 e. The number of hydrogen-bond donors (Lipinski definition) is 3. The number of ether oxygens (including phenoxy) is 1. The molecule has 1 aliphatic heterocycles. The second-order valence-corrected chi connectivity index (χ2v) is 7.13. The van der Waals surface area contributed by atoms with E-state index in [9.17, 15) is 19.4 Å². The van der Waals surface area contributed by atoms with Crippen molar-refractivity contribution in [3.05, 3.63) is 52.6 Å². The van der Waals surface area contributed by atoms with Crippen molar-refractivity contribution >= 4 is 5.91 Å². The predicted octanol–water partition coefficient (Wildman–Crippen LogP) is 1.10. The number of rotatable bonds is 4. The van der Waals surface area contributed by atoms with E-state index in [0.717, 1.165) is 0 Å². The fourth-order valence-corrected chi connectivity index (χ4v) is 3.41. The molecule has 1 aromatic carbocycles. The van der Waals surface area contributed by atoms with E-state index in [0.29, 0.717) is 18.4 Å². The van der Waals surface area contributed by atoms with Crippen LogP contribution < -0.4 is 5.32 Å². The predicted molar refractivity (Wildman–Crippen MR) is 88.6 cm³/mol. The van der Waals surface area contributed by atoms with Gasteiger partial charge in [-0.2, -0.15) is 5.10 Å². The van der Waals surface area contributed by atoms with Crippen molar-refractivity contribution in [3.8, 4) is 0 Å². The Labute approximate surface area is 149 Å². The van der Waals surface area contributed by atoms with Crippen molar-refractivity contribution in [3.63, 3.8) is 0 Å². The van der Waals surface area contributed by atoms with Crippen LogP contribution in [-0.4, -0.2) is 38.1 Å². The number of carbonyl (C=O) groups is 1. The zero-order valence-corrected chi connectivity index (χ0v) is 14.4. The molecule has 1 aliphatic carbocycles. The monoisotopic (exact) mass is 361 g/mol. The highest BCUT2D eigenvalue weighted by atomic mass is 19.1. The molecule has 26 heavy (non-hydrogen) atoms. The van der Waals surface area contributed by atoms with Gasteiger partial charge < -0.3 is 20.3 Å². The van der Waals surface area contributed by atoms with Crippen LogP contribution in [-0.2, 0) is 17.4 Å². The second kappa shape index (κ2) is 5.87. The Bertz CT molecular complexity index is 873. The quantitative estimate of drug-likeness (QED) is 0.758. The molecule has 0 spiro atoms. The van der Waals surface area contributed by atoms with E-state index in [1.807, 2.05) is 0 Å². The van der Waals surface area contributed by atoms with Crippen molar-refractivity contribution in [2.45, 2.75) is 43.8 Å². The maximum atomic E-state index is 14.8. The molecular formula is C18H20FN3O4. The summed E-state index contributed by atoms with van der Waals surface area (Å²) in [4.78, 5) is 12.3. The van der Waals surface area contributed by atoms with E-state index in [-0.39, 0.29) is 22.8 Å². The number of hydrogen-bond acceptors (Lipinski definition) is 5. The van der Waals surface area contributed by atoms with Crippen molar-refractivity contribution in [2.24, 2.45) is 7.05 Å². The van der Waals surface area contributed by atoms with Gasteiger partial charge in [0.1, 0.15) is 11.4 Å². The molecule has 1 amide bonds. The van der Waals surface area contributed by atoms with E-state index in [1.165, 1.54) is 29.9 Å². The fraction of sp³-hybridized carbons (Fsp3) is 0.444. The van der Waals surface area contributed by atoms with Crippen molar-refractivity contribution < 1.29 is 24.1 Å². The van der Waals surface area contributed by atoms with Gasteiger partial charge >= 0.3 is 0 Å². The van der Waals surface area contributed by atoms with Gasteiger partial charge in [0.25, 0.3) is 5.91 Å². The van der Waals surface area contributed by atoms with E-state index in [2.05, 4.69) is 10.4 Å². The van der Waals surface area contributed by atoms with Gasteiger partial charge in [0, 0.05) is 24.4 Å². The van der Waals surface area contributed by atoms with Crippen LogP contribution in [0.5, 0.6) is 0 Å². The number of aliphatic hydroxyl groups excluding tert-OH is 1. The summed E-state index contributed by atoms with van der Waals surface area (Å²) in [5, 5.41) is 26.9. The van der Waals surface area contributed by atoms with E-state index >= 15 is 0 Å². The van der Waals surface area contributed by atoms with Gasteiger partial charge in [-0.25, -0.2) is 4.39 Å². The fourth-order valence-electron chi connectivity index (χ4n) is 3.41. The van der Waals surface area contributed by atoms with E-state index < -0.39 is 29.7 Å². The summed E-state index contributed by atoms with van der Waals surface area (Å²) in [6, 6.07) is 2.71. The molecule has 4 rings (SSSR count). The lowest BCUT2D eigenvalue weighted by Crippen LogP contribution is -2.38. The first-order valence-electron chi connectivity index (χ1n) is 8.45. The number of aryl methyl sites for hydroxylation is 1. The molecule has 2 aromatic rings. The highest BCUT2D eigenvalue weighted by molar-refractivity contribution is 5.99. The van der Waals surface area contributed by atoms with Crippen LogP contribution in [0.4, 0.5) is 4.39 Å². The number of halogens is 1. The molecule has 1 fully saturated rings. The number of amides is 1. The van der Waals surface area contributed by atoms with Gasteiger partial charge in [0.15, 0.2) is 6.23 Å². The van der Waals surface area contributed by atoms with Gasteiger partial charge in [-0.05, 0) is 37.5 Å². The van der Waals surface area contributed by atoms with Gasteiger partial charge in [-0.15, -0.1) is 0 Å². The summed E-state index contributed by atoms with van der Waals surface area (Å²) in [7, 11) is 1.72. The maximum absolute atomic E-state index is 14.8. The molecule has 2 atom stereocenters. The zero-order valence-electron chi connectivity index (χ0n) is 14.4. The van der Waals surface area contributed by atoms with Crippen LogP contribution in [0.15, 0.2) is 24.5 Å². The Morgan fingerprint density at radius 1 is 1.38 bits per heavy atom. The van der Waals surface area contributed by atoms with Gasteiger partial charge in [-0.1, -0.05) is 0 Å². The largest absolute Gasteiger partial charge is 0.393 e. The Balaban J connectivity index is 1.68. The van der Waals surface area contributed by atoms with Gasteiger partial charge in [0.05, 0.1) is 24.0 Å². The average Bonchev–Trinajstić information content (AvgIpc) is 3.11. The number of carbonyl (C=O) groups excluding carboxylic acids is 1. The number of fused-ring (bicyclic) bond motifs is 1. The van der Waals surface area contributed by atoms with Crippen LogP contribution in [0.2, 0.25) is 0 Å². The Morgan fingerprint density at radius 2 is 2.12 bits per heavy atom. The molecule has 2 unspecified atom stereocenters. The summed E-state index contributed by atoms with van der Waals surface area (Å²) < 4.78 is 22.1. The Morgan fingerprint density at radius 3 is 2.73 bits per heavy atom. The molecule has 0 saturated heterocycles. The second-order valence-electron chi connectivity index (χ2n) is 7.13.